The van der Waals surface area contributed by atoms with Crippen molar-refractivity contribution in [3.05, 3.63) is 64.7 Å². The zero-order valence-corrected chi connectivity index (χ0v) is 18.0. The number of aromatic hydroxyl groups is 1. The number of ketones is 1. The van der Waals surface area contributed by atoms with E-state index in [2.05, 4.69) is 17.9 Å². The maximum Gasteiger partial charge on any atom is 0.327 e. The number of carboxylic acids is 1. The molecule has 0 spiro atoms. The van der Waals surface area contributed by atoms with Crippen LogP contribution in [-0.4, -0.2) is 57.2 Å². The Balaban J connectivity index is 2.07. The summed E-state index contributed by atoms with van der Waals surface area (Å²) in [5, 5.41) is 22.6. The van der Waals surface area contributed by atoms with Crippen LogP contribution >= 0.6 is 24.2 Å². The topological polar surface area (TPSA) is 133 Å². The molecule has 1 aliphatic rings. The molecule has 0 radical (unpaired) electrons. The number of phenolic OH excluding ortho intramolecular Hbond substituents is 1. The molecule has 2 aromatic rings. The lowest BCUT2D eigenvalue weighted by molar-refractivity contribution is -0.155. The highest BCUT2D eigenvalue weighted by molar-refractivity contribution is 7.81. The highest BCUT2D eigenvalue weighted by atomic mass is 35.5. The van der Waals surface area contributed by atoms with Crippen LogP contribution in [0.1, 0.15) is 11.1 Å². The summed E-state index contributed by atoms with van der Waals surface area (Å²) in [7, 11) is 0. The van der Waals surface area contributed by atoms with Gasteiger partial charge in [0.15, 0.2) is 11.4 Å². The van der Waals surface area contributed by atoms with Crippen LogP contribution in [0.2, 0.25) is 5.02 Å². The predicted molar refractivity (Wildman–Crippen MR) is 118 cm³/mol. The van der Waals surface area contributed by atoms with Gasteiger partial charge < -0.3 is 15.9 Å². The second kappa shape index (κ2) is 9.27. The number of hydrogen-bond acceptors (Lipinski definition) is 7. The van der Waals surface area contributed by atoms with Crippen molar-refractivity contribution < 1.29 is 24.6 Å². The van der Waals surface area contributed by atoms with E-state index < -0.39 is 41.2 Å². The number of Topliss-reactive ketones (excluding diaryl/α,β-unsaturated/α-hetero) is 1. The normalized spacial score (nSPS) is 21.6. The van der Waals surface area contributed by atoms with E-state index in [0.717, 1.165) is 10.5 Å². The standard InChI is InChI=1S/C21H22ClN3O5S/c22-13-7-5-12(6-8-13)9-17(31)19(28)25-15(20(29)30)11-24-21(25,18(27)10-23)14-3-1-2-4-16(14)26/h1-8,15,17,24,26,31H,9-11,23H2,(H,29,30). The van der Waals surface area contributed by atoms with Crippen LogP contribution in [0.3, 0.4) is 0 Å². The number of amides is 1. The Morgan fingerprint density at radius 3 is 2.45 bits per heavy atom. The molecule has 1 fully saturated rings. The van der Waals surface area contributed by atoms with Crippen molar-refractivity contribution in [1.82, 2.24) is 10.2 Å². The van der Waals surface area contributed by atoms with E-state index in [4.69, 9.17) is 17.3 Å². The summed E-state index contributed by atoms with van der Waals surface area (Å²) in [4.78, 5) is 39.5. The first kappa shape index (κ1) is 23.1. The van der Waals surface area contributed by atoms with Crippen molar-refractivity contribution in [3.8, 4) is 5.75 Å². The number of rotatable bonds is 7. The Hall–Kier alpha value is -2.59. The van der Waals surface area contributed by atoms with Crippen molar-refractivity contribution in [2.45, 2.75) is 23.4 Å². The average Bonchev–Trinajstić information content (AvgIpc) is 3.16. The van der Waals surface area contributed by atoms with E-state index in [9.17, 15) is 24.6 Å². The number of hydrogen-bond donors (Lipinski definition) is 5. The van der Waals surface area contributed by atoms with Crippen LogP contribution in [0.25, 0.3) is 0 Å². The maximum absolute atomic E-state index is 13.5. The van der Waals surface area contributed by atoms with Crippen molar-refractivity contribution in [2.75, 3.05) is 13.1 Å². The van der Waals surface area contributed by atoms with Crippen LogP contribution in [0.15, 0.2) is 48.5 Å². The summed E-state index contributed by atoms with van der Waals surface area (Å²) in [6, 6.07) is 11.4. The van der Waals surface area contributed by atoms with Crippen LogP contribution in [0.5, 0.6) is 5.75 Å². The van der Waals surface area contributed by atoms with E-state index in [1.807, 2.05) is 0 Å². The Labute approximate surface area is 189 Å². The summed E-state index contributed by atoms with van der Waals surface area (Å²) in [5.41, 5.74) is 4.51. The number of para-hydroxylation sites is 1. The first-order valence-corrected chi connectivity index (χ1v) is 10.4. The van der Waals surface area contributed by atoms with E-state index in [-0.39, 0.29) is 24.3 Å². The van der Waals surface area contributed by atoms with Gasteiger partial charge >= 0.3 is 5.97 Å². The van der Waals surface area contributed by atoms with Gasteiger partial charge in [0.1, 0.15) is 11.8 Å². The van der Waals surface area contributed by atoms with E-state index in [0.29, 0.717) is 5.02 Å². The minimum atomic E-state index is -1.93. The van der Waals surface area contributed by atoms with Gasteiger partial charge in [-0.05, 0) is 30.2 Å². The molecular formula is C21H22ClN3O5S. The Bertz CT molecular complexity index is 1000. The molecule has 3 atom stereocenters. The number of halogens is 1. The number of thiol groups is 1. The summed E-state index contributed by atoms with van der Waals surface area (Å²) in [6.07, 6.45) is 0.176. The molecule has 5 N–H and O–H groups in total. The van der Waals surface area contributed by atoms with Gasteiger partial charge in [-0.25, -0.2) is 4.79 Å². The lowest BCUT2D eigenvalue weighted by Gasteiger charge is -2.40. The van der Waals surface area contributed by atoms with Gasteiger partial charge in [-0.3, -0.25) is 19.8 Å². The molecule has 0 aromatic heterocycles. The SMILES string of the molecule is NCC(=O)C1(c2ccccc2O)NCC(C(=O)O)N1C(=O)C(S)Cc1ccc(Cl)cc1. The fourth-order valence-corrected chi connectivity index (χ4v) is 4.26. The minimum Gasteiger partial charge on any atom is -0.508 e. The van der Waals surface area contributed by atoms with Crippen LogP contribution in [0.4, 0.5) is 0 Å². The van der Waals surface area contributed by atoms with E-state index in [1.54, 1.807) is 36.4 Å². The predicted octanol–water partition coefficient (Wildman–Crippen LogP) is 1.15. The van der Waals surface area contributed by atoms with Gasteiger partial charge in [-0.2, -0.15) is 12.6 Å². The summed E-state index contributed by atoms with van der Waals surface area (Å²) < 4.78 is 0. The van der Waals surface area contributed by atoms with E-state index in [1.165, 1.54) is 12.1 Å². The second-order valence-electron chi connectivity index (χ2n) is 7.14. The van der Waals surface area contributed by atoms with Crippen molar-refractivity contribution in [3.63, 3.8) is 0 Å². The van der Waals surface area contributed by atoms with E-state index >= 15 is 0 Å². The molecule has 0 bridgehead atoms. The summed E-state index contributed by atoms with van der Waals surface area (Å²) in [5.74, 6) is -2.90. The minimum absolute atomic E-state index is 0.0505. The van der Waals surface area contributed by atoms with Crippen molar-refractivity contribution in [2.24, 2.45) is 5.73 Å². The molecular weight excluding hydrogens is 442 g/mol. The number of phenols is 1. The molecule has 3 unspecified atom stereocenters. The molecule has 164 valence electrons. The number of carbonyl (C=O) groups is 3. The number of carbonyl (C=O) groups excluding carboxylic acids is 2. The third-order valence-electron chi connectivity index (χ3n) is 5.26. The molecule has 0 aliphatic carbocycles. The Morgan fingerprint density at radius 1 is 1.23 bits per heavy atom. The quantitative estimate of drug-likeness (QED) is 0.389. The van der Waals surface area contributed by atoms with Crippen molar-refractivity contribution in [1.29, 1.82) is 0 Å². The average molecular weight is 464 g/mol. The molecule has 0 saturated carbocycles. The number of benzene rings is 2. The van der Waals surface area contributed by atoms with Crippen LogP contribution in [-0.2, 0) is 26.5 Å². The maximum atomic E-state index is 13.5. The Kier molecular flexibility index (Phi) is 6.90. The molecule has 31 heavy (non-hydrogen) atoms. The lowest BCUT2D eigenvalue weighted by atomic mass is 9.91. The number of carboxylic acid groups (broad SMARTS) is 1. The van der Waals surface area contributed by atoms with Gasteiger partial charge in [0, 0.05) is 17.1 Å². The van der Waals surface area contributed by atoms with Crippen LogP contribution < -0.4 is 11.1 Å². The Morgan fingerprint density at radius 2 is 1.87 bits per heavy atom. The van der Waals surface area contributed by atoms with Gasteiger partial charge in [-0.15, -0.1) is 0 Å². The van der Waals surface area contributed by atoms with Gasteiger partial charge in [-0.1, -0.05) is 41.9 Å². The highest BCUT2D eigenvalue weighted by Gasteiger charge is 2.58. The zero-order chi connectivity index (χ0) is 22.8. The largest absolute Gasteiger partial charge is 0.508 e. The molecule has 1 saturated heterocycles. The highest BCUT2D eigenvalue weighted by Crippen LogP contribution is 2.39. The molecule has 1 heterocycles. The number of nitrogens with one attached hydrogen (secondary N) is 1. The monoisotopic (exact) mass is 463 g/mol. The number of aliphatic carboxylic acids is 1. The third kappa shape index (κ3) is 4.27. The van der Waals surface area contributed by atoms with Crippen molar-refractivity contribution >= 4 is 41.9 Å². The third-order valence-corrected chi connectivity index (χ3v) is 5.91. The molecule has 2 aromatic carbocycles. The van der Waals surface area contributed by atoms with Crippen LogP contribution in [0, 0.1) is 0 Å². The molecule has 1 aliphatic heterocycles. The second-order valence-corrected chi connectivity index (χ2v) is 8.20. The van der Waals surface area contributed by atoms with Gasteiger partial charge in [0.25, 0.3) is 0 Å². The molecule has 3 rings (SSSR count). The first-order valence-electron chi connectivity index (χ1n) is 9.47. The fourth-order valence-electron chi connectivity index (χ4n) is 3.80. The summed E-state index contributed by atoms with van der Waals surface area (Å²) in [6.45, 7) is -0.686. The number of nitrogens with zero attached hydrogens (tertiary/aromatic N) is 1. The molecule has 8 nitrogen and oxygen atoms in total. The fraction of sp³-hybridized carbons (Fsp3) is 0.286. The molecule has 10 heteroatoms. The molecule has 1 amide bonds. The smallest absolute Gasteiger partial charge is 0.327 e. The summed E-state index contributed by atoms with van der Waals surface area (Å²) >= 11 is 10.3. The van der Waals surface area contributed by atoms with Gasteiger partial charge in [0.2, 0.25) is 5.91 Å². The zero-order valence-electron chi connectivity index (χ0n) is 16.4. The van der Waals surface area contributed by atoms with Gasteiger partial charge in [0.05, 0.1) is 11.8 Å². The lowest BCUT2D eigenvalue weighted by Crippen LogP contribution is -2.62. The first-order chi connectivity index (χ1) is 14.7. The number of nitrogens with two attached hydrogens (primary N) is 1.